The minimum Gasteiger partial charge on any atom is -0.350 e. The predicted molar refractivity (Wildman–Crippen MR) is 68.7 cm³/mol. The second-order valence-electron chi connectivity index (χ2n) is 4.30. The molecule has 0 saturated carbocycles. The number of benzene rings is 1. The first-order valence-electron chi connectivity index (χ1n) is 5.08. The molecule has 0 heterocycles. The van der Waals surface area contributed by atoms with E-state index < -0.39 is 0 Å². The molecule has 1 rings (SSSR count). The van der Waals surface area contributed by atoms with Crippen molar-refractivity contribution in [1.29, 1.82) is 0 Å². The number of hydrogen-bond donors (Lipinski definition) is 2. The van der Waals surface area contributed by atoms with Gasteiger partial charge in [0, 0.05) is 12.1 Å². The molecule has 0 saturated heterocycles. The van der Waals surface area contributed by atoms with Crippen LogP contribution in [0.15, 0.2) is 30.3 Å². The summed E-state index contributed by atoms with van der Waals surface area (Å²) in [5.41, 5.74) is 6.22. The third-order valence-corrected chi connectivity index (χ3v) is 2.20. The average Bonchev–Trinajstić information content (AvgIpc) is 2.18. The maximum Gasteiger partial charge on any atom is 0.224 e. The number of nitrogens with one attached hydrogen (secondary N) is 1. The third kappa shape index (κ3) is 5.14. The summed E-state index contributed by atoms with van der Waals surface area (Å²) in [4.78, 5) is 11.6. The largest absolute Gasteiger partial charge is 0.350 e. The van der Waals surface area contributed by atoms with E-state index in [1.807, 2.05) is 44.2 Å². The number of halogens is 1. The highest BCUT2D eigenvalue weighted by molar-refractivity contribution is 5.85. The summed E-state index contributed by atoms with van der Waals surface area (Å²) in [7, 11) is 0. The first kappa shape index (κ1) is 14.9. The number of carbonyl (C=O) groups excluding carboxylic acids is 1. The molecule has 4 heteroatoms. The summed E-state index contributed by atoms with van der Waals surface area (Å²) >= 11 is 0. The van der Waals surface area contributed by atoms with E-state index in [4.69, 9.17) is 5.73 Å². The van der Waals surface area contributed by atoms with Gasteiger partial charge in [0.25, 0.3) is 0 Å². The number of amides is 1. The van der Waals surface area contributed by atoms with Crippen LogP contribution < -0.4 is 11.1 Å². The molecule has 90 valence electrons. The lowest BCUT2D eigenvalue weighted by Crippen LogP contribution is -2.49. The Hall–Kier alpha value is -1.06. The Morgan fingerprint density at radius 1 is 1.31 bits per heavy atom. The lowest BCUT2D eigenvalue weighted by molar-refractivity contribution is -0.121. The monoisotopic (exact) mass is 242 g/mol. The van der Waals surface area contributed by atoms with Crippen LogP contribution in [0.3, 0.4) is 0 Å². The average molecular weight is 243 g/mol. The molecule has 0 spiro atoms. The fraction of sp³-hybridized carbons (Fsp3) is 0.417. The van der Waals surface area contributed by atoms with Crippen LogP contribution in [0.5, 0.6) is 0 Å². The standard InChI is InChI=1S/C12H18N2O.ClH/c1-12(2,9-13)14-11(15)8-10-6-4-3-5-7-10;/h3-7H,8-9,13H2,1-2H3,(H,14,15);1H. The van der Waals surface area contributed by atoms with Crippen LogP contribution in [0, 0.1) is 0 Å². The molecule has 0 atom stereocenters. The Balaban J connectivity index is 0.00000225. The van der Waals surface area contributed by atoms with Crippen LogP contribution in [-0.2, 0) is 11.2 Å². The van der Waals surface area contributed by atoms with Gasteiger partial charge in [-0.2, -0.15) is 0 Å². The molecule has 0 fully saturated rings. The lowest BCUT2D eigenvalue weighted by Gasteiger charge is -2.24. The van der Waals surface area contributed by atoms with Crippen LogP contribution in [-0.4, -0.2) is 18.0 Å². The summed E-state index contributed by atoms with van der Waals surface area (Å²) in [5.74, 6) is 0.0108. The van der Waals surface area contributed by atoms with Crippen molar-refractivity contribution in [2.24, 2.45) is 5.73 Å². The fourth-order valence-electron chi connectivity index (χ4n) is 1.25. The van der Waals surface area contributed by atoms with Crippen molar-refractivity contribution >= 4 is 18.3 Å². The Bertz CT molecular complexity index is 325. The third-order valence-electron chi connectivity index (χ3n) is 2.20. The molecule has 1 aromatic rings. The molecule has 0 unspecified atom stereocenters. The smallest absolute Gasteiger partial charge is 0.224 e. The van der Waals surface area contributed by atoms with Crippen LogP contribution in [0.1, 0.15) is 19.4 Å². The van der Waals surface area contributed by atoms with E-state index in [0.29, 0.717) is 13.0 Å². The molecule has 3 N–H and O–H groups in total. The highest BCUT2D eigenvalue weighted by Crippen LogP contribution is 2.02. The van der Waals surface area contributed by atoms with E-state index in [1.54, 1.807) is 0 Å². The SMILES string of the molecule is CC(C)(CN)NC(=O)Cc1ccccc1.Cl. The number of rotatable bonds is 4. The van der Waals surface area contributed by atoms with Gasteiger partial charge in [-0.3, -0.25) is 4.79 Å². The first-order valence-corrected chi connectivity index (χ1v) is 5.08. The van der Waals surface area contributed by atoms with Gasteiger partial charge in [-0.05, 0) is 19.4 Å². The maximum atomic E-state index is 11.6. The summed E-state index contributed by atoms with van der Waals surface area (Å²) in [5, 5.41) is 2.89. The van der Waals surface area contributed by atoms with Gasteiger partial charge in [0.05, 0.1) is 6.42 Å². The molecule has 0 radical (unpaired) electrons. The molecule has 0 aromatic heterocycles. The van der Waals surface area contributed by atoms with Crippen LogP contribution in [0.25, 0.3) is 0 Å². The maximum absolute atomic E-state index is 11.6. The van der Waals surface area contributed by atoms with E-state index in [9.17, 15) is 4.79 Å². The minimum atomic E-state index is -0.328. The van der Waals surface area contributed by atoms with Crippen molar-refractivity contribution in [3.05, 3.63) is 35.9 Å². The molecule has 0 aliphatic carbocycles. The van der Waals surface area contributed by atoms with Crippen LogP contribution in [0.2, 0.25) is 0 Å². The number of nitrogens with two attached hydrogens (primary N) is 1. The summed E-state index contributed by atoms with van der Waals surface area (Å²) in [6, 6.07) is 9.67. The van der Waals surface area contributed by atoms with E-state index in [-0.39, 0.29) is 23.9 Å². The van der Waals surface area contributed by atoms with Gasteiger partial charge in [0.15, 0.2) is 0 Å². The topological polar surface area (TPSA) is 55.1 Å². The molecule has 1 amide bonds. The molecule has 0 aliphatic rings. The van der Waals surface area contributed by atoms with Gasteiger partial charge in [-0.15, -0.1) is 12.4 Å². The Kier molecular flexibility index (Phi) is 6.08. The quantitative estimate of drug-likeness (QED) is 0.841. The zero-order valence-electron chi connectivity index (χ0n) is 9.69. The second-order valence-corrected chi connectivity index (χ2v) is 4.30. The Labute approximate surface area is 103 Å². The van der Waals surface area contributed by atoms with Crippen LogP contribution in [0.4, 0.5) is 0 Å². The molecule has 0 aliphatic heterocycles. The zero-order chi connectivity index (χ0) is 11.3. The minimum absolute atomic E-state index is 0. The number of carbonyl (C=O) groups is 1. The highest BCUT2D eigenvalue weighted by Gasteiger charge is 2.17. The molecule has 0 bridgehead atoms. The van der Waals surface area contributed by atoms with Gasteiger partial charge in [-0.1, -0.05) is 30.3 Å². The van der Waals surface area contributed by atoms with Crippen LogP contribution >= 0.6 is 12.4 Å². The van der Waals surface area contributed by atoms with E-state index >= 15 is 0 Å². The molecule has 16 heavy (non-hydrogen) atoms. The van der Waals surface area contributed by atoms with Crippen molar-refractivity contribution in [1.82, 2.24) is 5.32 Å². The summed E-state index contributed by atoms with van der Waals surface area (Å²) in [6.07, 6.45) is 0.407. The van der Waals surface area contributed by atoms with Crippen molar-refractivity contribution in [2.75, 3.05) is 6.54 Å². The number of hydrogen-bond acceptors (Lipinski definition) is 2. The zero-order valence-corrected chi connectivity index (χ0v) is 10.5. The van der Waals surface area contributed by atoms with E-state index in [2.05, 4.69) is 5.32 Å². The van der Waals surface area contributed by atoms with Gasteiger partial charge in [-0.25, -0.2) is 0 Å². The Morgan fingerprint density at radius 2 is 1.88 bits per heavy atom. The molecular formula is C12H19ClN2O. The van der Waals surface area contributed by atoms with Gasteiger partial charge < -0.3 is 11.1 Å². The van der Waals surface area contributed by atoms with Gasteiger partial charge in [0.2, 0.25) is 5.91 Å². The highest BCUT2D eigenvalue weighted by atomic mass is 35.5. The molecular weight excluding hydrogens is 224 g/mol. The molecule has 3 nitrogen and oxygen atoms in total. The Morgan fingerprint density at radius 3 is 2.38 bits per heavy atom. The van der Waals surface area contributed by atoms with Crippen molar-refractivity contribution in [3.63, 3.8) is 0 Å². The van der Waals surface area contributed by atoms with Gasteiger partial charge >= 0.3 is 0 Å². The predicted octanol–water partition coefficient (Wildman–Crippen LogP) is 1.50. The van der Waals surface area contributed by atoms with Crippen molar-refractivity contribution in [3.8, 4) is 0 Å². The summed E-state index contributed by atoms with van der Waals surface area (Å²) < 4.78 is 0. The lowest BCUT2D eigenvalue weighted by atomic mass is 10.1. The summed E-state index contributed by atoms with van der Waals surface area (Å²) in [6.45, 7) is 4.26. The van der Waals surface area contributed by atoms with E-state index in [0.717, 1.165) is 5.56 Å². The fourth-order valence-corrected chi connectivity index (χ4v) is 1.25. The van der Waals surface area contributed by atoms with Crippen molar-refractivity contribution < 1.29 is 4.79 Å². The van der Waals surface area contributed by atoms with E-state index in [1.165, 1.54) is 0 Å². The van der Waals surface area contributed by atoms with Gasteiger partial charge in [0.1, 0.15) is 0 Å². The first-order chi connectivity index (χ1) is 7.03. The molecule has 1 aromatic carbocycles. The normalized spacial score (nSPS) is 10.4. The van der Waals surface area contributed by atoms with Crippen molar-refractivity contribution in [2.45, 2.75) is 25.8 Å². The second kappa shape index (κ2) is 6.51.